The van der Waals surface area contributed by atoms with Crippen LogP contribution in [-0.2, 0) is 12.8 Å². The van der Waals surface area contributed by atoms with E-state index < -0.39 is 0 Å². The van der Waals surface area contributed by atoms with E-state index in [1.807, 2.05) is 24.3 Å². The van der Waals surface area contributed by atoms with Crippen molar-refractivity contribution in [1.29, 1.82) is 5.26 Å². The molecule has 0 aliphatic heterocycles. The molecular weight excluding hydrogens is 300 g/mol. The Bertz CT molecular complexity index is 761. The number of methoxy groups -OCH3 is 2. The van der Waals surface area contributed by atoms with Crippen LogP contribution in [0.25, 0.3) is 11.1 Å². The minimum absolute atomic E-state index is 0.433. The van der Waals surface area contributed by atoms with Crippen molar-refractivity contribution in [3.8, 4) is 28.8 Å². The Labute approximate surface area is 143 Å². The van der Waals surface area contributed by atoms with Crippen molar-refractivity contribution in [3.63, 3.8) is 0 Å². The highest BCUT2D eigenvalue weighted by Gasteiger charge is 2.22. The lowest BCUT2D eigenvalue weighted by Gasteiger charge is -2.20. The summed E-state index contributed by atoms with van der Waals surface area (Å²) in [4.78, 5) is 4.65. The van der Waals surface area contributed by atoms with Crippen LogP contribution in [0, 0.1) is 11.3 Å². The SMILES string of the molecule is COc1ccc(-c2c(C#N)c(OC)nc3c2CCCCCC3)cc1. The van der Waals surface area contributed by atoms with Gasteiger partial charge in [0, 0.05) is 11.3 Å². The van der Waals surface area contributed by atoms with Gasteiger partial charge in [0.05, 0.1) is 14.2 Å². The quantitative estimate of drug-likeness (QED) is 0.845. The van der Waals surface area contributed by atoms with Crippen molar-refractivity contribution in [1.82, 2.24) is 4.98 Å². The van der Waals surface area contributed by atoms with Gasteiger partial charge in [-0.15, -0.1) is 0 Å². The van der Waals surface area contributed by atoms with E-state index in [1.165, 1.54) is 18.4 Å². The number of nitrogens with zero attached hydrogens (tertiary/aromatic N) is 2. The predicted octanol–water partition coefficient (Wildman–Crippen LogP) is 4.30. The maximum atomic E-state index is 9.73. The topological polar surface area (TPSA) is 55.1 Å². The molecule has 0 fully saturated rings. The van der Waals surface area contributed by atoms with Crippen LogP contribution in [-0.4, -0.2) is 19.2 Å². The second-order valence-electron chi connectivity index (χ2n) is 6.05. The molecule has 1 aromatic heterocycles. The van der Waals surface area contributed by atoms with Gasteiger partial charge in [-0.2, -0.15) is 5.26 Å². The van der Waals surface area contributed by atoms with Crippen molar-refractivity contribution in [2.45, 2.75) is 38.5 Å². The molecule has 2 aromatic rings. The zero-order valence-corrected chi connectivity index (χ0v) is 14.3. The molecular formula is C20H22N2O2. The van der Waals surface area contributed by atoms with Crippen LogP contribution in [0.15, 0.2) is 24.3 Å². The van der Waals surface area contributed by atoms with Crippen LogP contribution in [0.1, 0.15) is 42.5 Å². The number of ether oxygens (including phenoxy) is 2. The third kappa shape index (κ3) is 3.07. The molecule has 0 spiro atoms. The molecule has 4 nitrogen and oxygen atoms in total. The summed E-state index contributed by atoms with van der Waals surface area (Å²) in [6.07, 6.45) is 6.64. The van der Waals surface area contributed by atoms with Crippen molar-refractivity contribution in [2.75, 3.05) is 14.2 Å². The molecule has 0 unspecified atom stereocenters. The first-order valence-electron chi connectivity index (χ1n) is 8.42. The van der Waals surface area contributed by atoms with Gasteiger partial charge in [0.2, 0.25) is 5.88 Å². The standard InChI is InChI=1S/C20H22N2O2/c1-23-15-11-9-14(10-12-15)19-16-7-5-3-4-6-8-18(16)22-20(24-2)17(19)13-21/h9-12H,3-8H2,1-2H3. The third-order valence-corrected chi connectivity index (χ3v) is 4.62. The number of pyridine rings is 1. The molecule has 1 aliphatic rings. The number of aryl methyl sites for hydroxylation is 1. The fraction of sp³-hybridized carbons (Fsp3) is 0.400. The highest BCUT2D eigenvalue weighted by Crippen LogP contribution is 2.37. The second kappa shape index (κ2) is 7.35. The van der Waals surface area contributed by atoms with Crippen molar-refractivity contribution >= 4 is 0 Å². The van der Waals surface area contributed by atoms with Gasteiger partial charge in [-0.25, -0.2) is 4.98 Å². The minimum atomic E-state index is 0.433. The lowest BCUT2D eigenvalue weighted by atomic mass is 9.88. The molecule has 0 saturated carbocycles. The zero-order valence-electron chi connectivity index (χ0n) is 14.3. The summed E-state index contributed by atoms with van der Waals surface area (Å²) in [6, 6.07) is 10.2. The monoisotopic (exact) mass is 322 g/mol. The molecule has 0 N–H and O–H groups in total. The molecule has 0 radical (unpaired) electrons. The molecule has 4 heteroatoms. The van der Waals surface area contributed by atoms with Crippen molar-refractivity contribution in [3.05, 3.63) is 41.1 Å². The van der Waals surface area contributed by atoms with Crippen LogP contribution < -0.4 is 9.47 Å². The van der Waals surface area contributed by atoms with Gasteiger partial charge in [-0.1, -0.05) is 25.0 Å². The minimum Gasteiger partial charge on any atom is -0.497 e. The summed E-state index contributed by atoms with van der Waals surface area (Å²) in [5.41, 5.74) is 4.81. The number of benzene rings is 1. The Morgan fingerprint density at radius 1 is 0.958 bits per heavy atom. The molecule has 0 bridgehead atoms. The first kappa shape index (κ1) is 16.3. The maximum absolute atomic E-state index is 9.73. The van der Waals surface area contributed by atoms with Gasteiger partial charge in [0.1, 0.15) is 17.4 Å². The van der Waals surface area contributed by atoms with E-state index >= 15 is 0 Å². The van der Waals surface area contributed by atoms with Gasteiger partial charge in [-0.3, -0.25) is 0 Å². The van der Waals surface area contributed by atoms with Crippen LogP contribution in [0.3, 0.4) is 0 Å². The summed E-state index contributed by atoms with van der Waals surface area (Å²) in [5.74, 6) is 1.24. The normalized spacial score (nSPS) is 14.0. The molecule has 0 atom stereocenters. The predicted molar refractivity (Wildman–Crippen MR) is 93.4 cm³/mol. The van der Waals surface area contributed by atoms with E-state index in [0.29, 0.717) is 11.4 Å². The molecule has 124 valence electrons. The summed E-state index contributed by atoms with van der Waals surface area (Å²) in [7, 11) is 3.23. The van der Waals surface area contributed by atoms with Gasteiger partial charge in [0.25, 0.3) is 0 Å². The van der Waals surface area contributed by atoms with Crippen molar-refractivity contribution in [2.24, 2.45) is 0 Å². The van der Waals surface area contributed by atoms with E-state index in [9.17, 15) is 5.26 Å². The number of rotatable bonds is 3. The molecule has 0 amide bonds. The molecule has 24 heavy (non-hydrogen) atoms. The van der Waals surface area contributed by atoms with E-state index in [1.54, 1.807) is 14.2 Å². The van der Waals surface area contributed by atoms with Gasteiger partial charge in [0.15, 0.2) is 0 Å². The van der Waals surface area contributed by atoms with Crippen LogP contribution in [0.2, 0.25) is 0 Å². The molecule has 0 saturated heterocycles. The van der Waals surface area contributed by atoms with Crippen LogP contribution >= 0.6 is 0 Å². The highest BCUT2D eigenvalue weighted by atomic mass is 16.5. The lowest BCUT2D eigenvalue weighted by Crippen LogP contribution is -2.09. The first-order chi connectivity index (χ1) is 11.8. The number of nitriles is 1. The average Bonchev–Trinajstić information content (AvgIpc) is 2.61. The van der Waals surface area contributed by atoms with E-state index in [0.717, 1.165) is 48.3 Å². The molecule has 1 heterocycles. The Hall–Kier alpha value is -2.54. The van der Waals surface area contributed by atoms with Gasteiger partial charge >= 0.3 is 0 Å². The van der Waals surface area contributed by atoms with E-state index in [2.05, 4.69) is 11.1 Å². The van der Waals surface area contributed by atoms with Crippen LogP contribution in [0.4, 0.5) is 0 Å². The Morgan fingerprint density at radius 2 is 1.67 bits per heavy atom. The van der Waals surface area contributed by atoms with Crippen LogP contribution in [0.5, 0.6) is 11.6 Å². The van der Waals surface area contributed by atoms with Gasteiger partial charge in [-0.05, 0) is 48.9 Å². The average molecular weight is 322 g/mol. The smallest absolute Gasteiger partial charge is 0.232 e. The Kier molecular flexibility index (Phi) is 5.00. The number of hydrogen-bond donors (Lipinski definition) is 0. The fourth-order valence-electron chi connectivity index (χ4n) is 3.40. The summed E-state index contributed by atoms with van der Waals surface area (Å²) < 4.78 is 10.7. The summed E-state index contributed by atoms with van der Waals surface area (Å²) in [6.45, 7) is 0. The number of aromatic nitrogens is 1. The highest BCUT2D eigenvalue weighted by molar-refractivity contribution is 5.77. The second-order valence-corrected chi connectivity index (χ2v) is 6.05. The molecule has 3 rings (SSSR count). The van der Waals surface area contributed by atoms with Crippen molar-refractivity contribution < 1.29 is 9.47 Å². The fourth-order valence-corrected chi connectivity index (χ4v) is 3.40. The largest absolute Gasteiger partial charge is 0.497 e. The lowest BCUT2D eigenvalue weighted by molar-refractivity contribution is 0.394. The summed E-state index contributed by atoms with van der Waals surface area (Å²) in [5, 5.41) is 9.73. The first-order valence-corrected chi connectivity index (χ1v) is 8.42. The number of fused-ring (bicyclic) bond motifs is 1. The van der Waals surface area contributed by atoms with E-state index in [4.69, 9.17) is 9.47 Å². The van der Waals surface area contributed by atoms with E-state index in [-0.39, 0.29) is 0 Å². The maximum Gasteiger partial charge on any atom is 0.232 e. The third-order valence-electron chi connectivity index (χ3n) is 4.62. The van der Waals surface area contributed by atoms with Gasteiger partial charge < -0.3 is 9.47 Å². The zero-order chi connectivity index (χ0) is 16.9. The Balaban J connectivity index is 2.23. The number of hydrogen-bond acceptors (Lipinski definition) is 4. The summed E-state index contributed by atoms with van der Waals surface area (Å²) >= 11 is 0. The Morgan fingerprint density at radius 3 is 2.29 bits per heavy atom. The molecule has 1 aliphatic carbocycles. The molecule has 1 aromatic carbocycles.